The molecule has 1 fully saturated rings. The van der Waals surface area contributed by atoms with Crippen LogP contribution in [0.1, 0.15) is 45.7 Å². The fraction of sp³-hybridized carbons (Fsp3) is 0.364. The Kier molecular flexibility index (Phi) is 6.80. The Balaban J connectivity index is 1.34. The molecule has 0 aliphatic carbocycles. The number of benzene rings is 1. The lowest BCUT2D eigenvalue weighted by Gasteiger charge is -2.12. The standard InChI is InChI=1S/C22H23N3O5S2/c1-3-4-5-18-24-13(2)19(32-18)20(26)23-8-9-25-21(27)17(31-22(25)28)11-14-6-7-15-16(10-14)30-12-29-15/h6-7,10-11H,3-5,8-9,12H2,1-2H3,(H,23,26)/b17-11-. The minimum Gasteiger partial charge on any atom is -0.454 e. The molecule has 0 saturated carbocycles. The number of rotatable bonds is 8. The number of aryl methyl sites for hydroxylation is 2. The molecular formula is C22H23N3O5S2. The summed E-state index contributed by atoms with van der Waals surface area (Å²) in [6, 6.07) is 5.33. The number of hydrogen-bond acceptors (Lipinski definition) is 8. The molecule has 8 nitrogen and oxygen atoms in total. The zero-order chi connectivity index (χ0) is 22.7. The smallest absolute Gasteiger partial charge is 0.293 e. The molecule has 0 bridgehead atoms. The topological polar surface area (TPSA) is 97.8 Å². The van der Waals surface area contributed by atoms with Gasteiger partial charge >= 0.3 is 0 Å². The van der Waals surface area contributed by atoms with Crippen molar-refractivity contribution in [2.45, 2.75) is 33.1 Å². The van der Waals surface area contributed by atoms with Crippen molar-refractivity contribution < 1.29 is 23.9 Å². The maximum atomic E-state index is 12.7. The Hall–Kier alpha value is -2.85. The van der Waals surface area contributed by atoms with Crippen LogP contribution in [0.5, 0.6) is 11.5 Å². The third kappa shape index (κ3) is 4.81. The second-order valence-electron chi connectivity index (χ2n) is 7.33. The number of hydrogen-bond donors (Lipinski definition) is 1. The minimum absolute atomic E-state index is 0.107. The third-order valence-corrected chi connectivity index (χ3v) is 7.10. The van der Waals surface area contributed by atoms with E-state index in [2.05, 4.69) is 17.2 Å². The van der Waals surface area contributed by atoms with Gasteiger partial charge in [0.2, 0.25) is 6.79 Å². The quantitative estimate of drug-likeness (QED) is 0.579. The van der Waals surface area contributed by atoms with E-state index in [9.17, 15) is 14.4 Å². The molecule has 10 heteroatoms. The molecule has 0 spiro atoms. The molecule has 0 radical (unpaired) electrons. The van der Waals surface area contributed by atoms with Crippen LogP contribution < -0.4 is 14.8 Å². The van der Waals surface area contributed by atoms with Crippen molar-refractivity contribution in [2.24, 2.45) is 0 Å². The number of imide groups is 1. The van der Waals surface area contributed by atoms with Crippen molar-refractivity contribution >= 4 is 46.2 Å². The molecule has 2 aromatic rings. The van der Waals surface area contributed by atoms with E-state index >= 15 is 0 Å². The van der Waals surface area contributed by atoms with Crippen LogP contribution in [0.25, 0.3) is 6.08 Å². The largest absolute Gasteiger partial charge is 0.454 e. The normalized spacial score (nSPS) is 16.3. The highest BCUT2D eigenvalue weighted by Crippen LogP contribution is 2.36. The molecule has 2 aliphatic heterocycles. The van der Waals surface area contributed by atoms with Crippen LogP contribution in [0.2, 0.25) is 0 Å². The van der Waals surface area contributed by atoms with E-state index in [4.69, 9.17) is 9.47 Å². The summed E-state index contributed by atoms with van der Waals surface area (Å²) >= 11 is 2.28. The number of aromatic nitrogens is 1. The van der Waals surface area contributed by atoms with Crippen LogP contribution in [-0.4, -0.2) is 46.8 Å². The van der Waals surface area contributed by atoms with Gasteiger partial charge in [-0.2, -0.15) is 0 Å². The lowest BCUT2D eigenvalue weighted by Crippen LogP contribution is -2.37. The molecule has 3 heterocycles. The average Bonchev–Trinajstić information content (AvgIpc) is 3.45. The fourth-order valence-electron chi connectivity index (χ4n) is 3.31. The number of carbonyl (C=O) groups excluding carboxylic acids is 3. The van der Waals surface area contributed by atoms with Crippen molar-refractivity contribution in [1.82, 2.24) is 15.2 Å². The predicted molar refractivity (Wildman–Crippen MR) is 123 cm³/mol. The third-order valence-electron chi connectivity index (χ3n) is 4.98. The van der Waals surface area contributed by atoms with Gasteiger partial charge in [-0.1, -0.05) is 19.4 Å². The maximum absolute atomic E-state index is 12.7. The van der Waals surface area contributed by atoms with Crippen molar-refractivity contribution in [1.29, 1.82) is 0 Å². The molecule has 1 saturated heterocycles. The van der Waals surface area contributed by atoms with Gasteiger partial charge < -0.3 is 14.8 Å². The van der Waals surface area contributed by atoms with Crippen molar-refractivity contribution in [3.63, 3.8) is 0 Å². The van der Waals surface area contributed by atoms with Crippen LogP contribution in [0.3, 0.4) is 0 Å². The SMILES string of the molecule is CCCCc1nc(C)c(C(=O)NCCN2C(=O)S/C(=C\c3ccc4c(c3)OCO4)C2=O)s1. The molecule has 3 amide bonds. The first-order valence-corrected chi connectivity index (χ1v) is 12.0. The number of thioether (sulfide) groups is 1. The van der Waals surface area contributed by atoms with E-state index < -0.39 is 0 Å². The first-order valence-electron chi connectivity index (χ1n) is 10.4. The van der Waals surface area contributed by atoms with Crippen LogP contribution in [0.15, 0.2) is 23.1 Å². The number of ether oxygens (including phenoxy) is 2. The zero-order valence-electron chi connectivity index (χ0n) is 17.8. The highest BCUT2D eigenvalue weighted by atomic mass is 32.2. The Morgan fingerprint density at radius 1 is 1.28 bits per heavy atom. The van der Waals surface area contributed by atoms with E-state index in [1.54, 1.807) is 24.3 Å². The van der Waals surface area contributed by atoms with Gasteiger partial charge in [-0.15, -0.1) is 11.3 Å². The van der Waals surface area contributed by atoms with Crippen LogP contribution in [-0.2, 0) is 11.2 Å². The molecule has 1 aromatic heterocycles. The summed E-state index contributed by atoms with van der Waals surface area (Å²) in [6.07, 6.45) is 4.62. The summed E-state index contributed by atoms with van der Waals surface area (Å²) in [7, 11) is 0. The Labute approximate surface area is 194 Å². The number of nitrogens with one attached hydrogen (secondary N) is 1. The van der Waals surface area contributed by atoms with Crippen LogP contribution in [0, 0.1) is 6.92 Å². The number of thiazole rings is 1. The highest BCUT2D eigenvalue weighted by Gasteiger charge is 2.34. The predicted octanol–water partition coefficient (Wildman–Crippen LogP) is 3.99. The van der Waals surface area contributed by atoms with Gasteiger partial charge in [0, 0.05) is 13.1 Å². The first kappa shape index (κ1) is 22.3. The van der Waals surface area contributed by atoms with Crippen molar-refractivity contribution in [3.05, 3.63) is 44.2 Å². The first-order chi connectivity index (χ1) is 15.5. The van der Waals surface area contributed by atoms with Gasteiger partial charge in [-0.25, -0.2) is 4.98 Å². The summed E-state index contributed by atoms with van der Waals surface area (Å²) in [5.74, 6) is 0.657. The minimum atomic E-state index is -0.372. The van der Waals surface area contributed by atoms with E-state index in [1.165, 1.54) is 11.3 Å². The number of nitrogens with zero attached hydrogens (tertiary/aromatic N) is 2. The van der Waals surface area contributed by atoms with E-state index in [0.717, 1.165) is 46.5 Å². The highest BCUT2D eigenvalue weighted by molar-refractivity contribution is 8.18. The summed E-state index contributed by atoms with van der Waals surface area (Å²) in [5.41, 5.74) is 1.45. The molecule has 2 aliphatic rings. The number of unbranched alkanes of at least 4 members (excludes halogenated alkanes) is 1. The molecular weight excluding hydrogens is 450 g/mol. The van der Waals surface area contributed by atoms with Gasteiger partial charge in [0.1, 0.15) is 4.88 Å². The molecule has 0 atom stereocenters. The lowest BCUT2D eigenvalue weighted by atomic mass is 10.2. The number of carbonyl (C=O) groups is 3. The second-order valence-corrected chi connectivity index (χ2v) is 9.40. The number of amides is 3. The summed E-state index contributed by atoms with van der Waals surface area (Å²) < 4.78 is 10.6. The zero-order valence-corrected chi connectivity index (χ0v) is 19.4. The van der Waals surface area contributed by atoms with Crippen molar-refractivity contribution in [3.8, 4) is 11.5 Å². The van der Waals surface area contributed by atoms with Gasteiger partial charge in [0.15, 0.2) is 11.5 Å². The van der Waals surface area contributed by atoms with Gasteiger partial charge in [0.25, 0.3) is 17.1 Å². The average molecular weight is 474 g/mol. The maximum Gasteiger partial charge on any atom is 0.293 e. The number of fused-ring (bicyclic) bond motifs is 1. The van der Waals surface area contributed by atoms with Gasteiger partial charge in [0.05, 0.1) is 15.6 Å². The Bertz CT molecular complexity index is 1100. The molecule has 4 rings (SSSR count). The summed E-state index contributed by atoms with van der Waals surface area (Å²) in [6.45, 7) is 4.38. The molecule has 168 valence electrons. The summed E-state index contributed by atoms with van der Waals surface area (Å²) in [4.78, 5) is 44.1. The van der Waals surface area contributed by atoms with Crippen LogP contribution >= 0.6 is 23.1 Å². The van der Waals surface area contributed by atoms with Gasteiger partial charge in [-0.05, 0) is 55.3 Å². The monoisotopic (exact) mass is 473 g/mol. The molecule has 32 heavy (non-hydrogen) atoms. The molecule has 1 aromatic carbocycles. The fourth-order valence-corrected chi connectivity index (χ4v) is 5.19. The van der Waals surface area contributed by atoms with Gasteiger partial charge in [-0.3, -0.25) is 19.3 Å². The second kappa shape index (κ2) is 9.74. The molecule has 0 unspecified atom stereocenters. The van der Waals surface area contributed by atoms with E-state index in [0.29, 0.717) is 27.0 Å². The van der Waals surface area contributed by atoms with Crippen molar-refractivity contribution in [2.75, 3.05) is 19.9 Å². The molecule has 1 N–H and O–H groups in total. The lowest BCUT2D eigenvalue weighted by molar-refractivity contribution is -0.122. The Morgan fingerprint density at radius 2 is 2.09 bits per heavy atom. The van der Waals surface area contributed by atoms with E-state index in [-0.39, 0.29) is 36.9 Å². The summed E-state index contributed by atoms with van der Waals surface area (Å²) in [5, 5.41) is 3.39. The Morgan fingerprint density at radius 3 is 2.91 bits per heavy atom. The van der Waals surface area contributed by atoms with Crippen LogP contribution in [0.4, 0.5) is 4.79 Å². The van der Waals surface area contributed by atoms with E-state index in [1.807, 2.05) is 6.92 Å².